The highest BCUT2D eigenvalue weighted by atomic mass is 35.5. The van der Waals surface area contributed by atoms with E-state index in [0.29, 0.717) is 63.5 Å². The van der Waals surface area contributed by atoms with Crippen LogP contribution in [-0.2, 0) is 6.54 Å². The fourth-order valence-corrected chi connectivity index (χ4v) is 4.38. The number of amides is 2. The first-order chi connectivity index (χ1) is 20.7. The molecule has 224 valence electrons. The number of methoxy groups -OCH3 is 1. The molecule has 0 bridgehead atoms. The van der Waals surface area contributed by atoms with Crippen molar-refractivity contribution < 1.29 is 23.2 Å². The third-order valence-electron chi connectivity index (χ3n) is 6.34. The number of hydrogen-bond donors (Lipinski definition) is 2. The topological polar surface area (TPSA) is 144 Å². The number of nitrogens with zero attached hydrogens (tertiary/aromatic N) is 6. The average Bonchev–Trinajstić information content (AvgIpc) is 3.61. The van der Waals surface area contributed by atoms with Gasteiger partial charge in [0, 0.05) is 42.9 Å². The molecule has 13 nitrogen and oxygen atoms in total. The third-order valence-corrected chi connectivity index (χ3v) is 6.65. The number of carbonyl (C=O) groups excluding carboxylic acids is 1. The highest BCUT2D eigenvalue weighted by molar-refractivity contribution is 6.34. The van der Waals surface area contributed by atoms with Crippen LogP contribution in [0, 0.1) is 6.92 Å². The number of hydrogen-bond acceptors (Lipinski definition) is 11. The van der Waals surface area contributed by atoms with Gasteiger partial charge < -0.3 is 28.6 Å². The summed E-state index contributed by atoms with van der Waals surface area (Å²) in [4.78, 5) is 21.0. The zero-order valence-corrected chi connectivity index (χ0v) is 25.1. The fourth-order valence-electron chi connectivity index (χ4n) is 4.16. The van der Waals surface area contributed by atoms with Crippen LogP contribution in [0.1, 0.15) is 11.7 Å². The molecule has 2 aromatic carbocycles. The van der Waals surface area contributed by atoms with E-state index in [4.69, 9.17) is 30.0 Å². The number of rotatable bonds is 11. The summed E-state index contributed by atoms with van der Waals surface area (Å²) in [5.74, 6) is 3.18. The Morgan fingerprint density at radius 2 is 1.86 bits per heavy atom. The molecule has 14 heteroatoms. The Balaban J connectivity index is 1.35. The van der Waals surface area contributed by atoms with Crippen LogP contribution in [0.3, 0.4) is 0 Å². The summed E-state index contributed by atoms with van der Waals surface area (Å²) < 4.78 is 22.8. The molecule has 3 heterocycles. The van der Waals surface area contributed by atoms with Crippen molar-refractivity contribution in [2.75, 3.05) is 52.0 Å². The van der Waals surface area contributed by atoms with Crippen LogP contribution in [0.5, 0.6) is 17.2 Å². The van der Waals surface area contributed by atoms with Crippen molar-refractivity contribution in [2.24, 2.45) is 0 Å². The molecular weight excluding hydrogens is 576 g/mol. The Morgan fingerprint density at radius 3 is 2.58 bits per heavy atom. The van der Waals surface area contributed by atoms with Crippen LogP contribution in [0.15, 0.2) is 57.6 Å². The summed E-state index contributed by atoms with van der Waals surface area (Å²) in [5, 5.41) is 18.5. The molecule has 3 aromatic heterocycles. The second kappa shape index (κ2) is 13.1. The van der Waals surface area contributed by atoms with Gasteiger partial charge in [-0.1, -0.05) is 16.8 Å². The first-order valence-electron chi connectivity index (χ1n) is 13.3. The zero-order chi connectivity index (χ0) is 30.5. The Morgan fingerprint density at radius 1 is 1.02 bits per heavy atom. The Hall–Kier alpha value is -4.72. The second-order valence-corrected chi connectivity index (χ2v) is 10.5. The lowest BCUT2D eigenvalue weighted by atomic mass is 10.1. The molecule has 0 saturated carbocycles. The van der Waals surface area contributed by atoms with Crippen molar-refractivity contribution in [3.05, 3.63) is 65.3 Å². The number of halogens is 1. The van der Waals surface area contributed by atoms with Crippen LogP contribution in [0.25, 0.3) is 22.4 Å². The summed E-state index contributed by atoms with van der Waals surface area (Å²) in [5.41, 5.74) is 1.64. The van der Waals surface area contributed by atoms with Gasteiger partial charge in [0.15, 0.2) is 5.82 Å². The molecule has 0 atom stereocenters. The molecule has 0 aliphatic carbocycles. The quantitative estimate of drug-likeness (QED) is 0.192. The summed E-state index contributed by atoms with van der Waals surface area (Å²) in [6.45, 7) is 4.01. The highest BCUT2D eigenvalue weighted by Gasteiger charge is 2.18. The number of ether oxygens (including phenoxy) is 2. The van der Waals surface area contributed by atoms with Crippen LogP contribution < -0.4 is 20.1 Å². The summed E-state index contributed by atoms with van der Waals surface area (Å²) in [6.07, 6.45) is 1.64. The van der Waals surface area contributed by atoms with Gasteiger partial charge in [0.25, 0.3) is 5.89 Å². The van der Waals surface area contributed by atoms with Gasteiger partial charge in [0.05, 0.1) is 35.4 Å². The van der Waals surface area contributed by atoms with Gasteiger partial charge in [0.1, 0.15) is 23.0 Å². The number of benzene rings is 2. The minimum atomic E-state index is -0.519. The SMILES string of the molecule is COc1cc2nccc(Oc3ccc(NC(=O)Nc4cc(C)on4)c(Cl)c3)c2cc1-c1nnc(CN(C)CCN(C)C)o1. The number of carbonyl (C=O) groups is 1. The lowest BCUT2D eigenvalue weighted by Crippen LogP contribution is -2.28. The normalized spacial score (nSPS) is 11.3. The number of fused-ring (bicyclic) bond motifs is 1. The van der Waals surface area contributed by atoms with Crippen molar-refractivity contribution in [2.45, 2.75) is 13.5 Å². The molecule has 2 amide bonds. The molecule has 5 aromatic rings. The van der Waals surface area contributed by atoms with E-state index in [2.05, 4.69) is 40.8 Å². The van der Waals surface area contributed by atoms with Crippen LogP contribution >= 0.6 is 11.6 Å². The number of likely N-dealkylation sites (N-methyl/N-ethyl adjacent to an activating group) is 2. The minimum absolute atomic E-state index is 0.277. The number of aryl methyl sites for hydroxylation is 1. The van der Waals surface area contributed by atoms with Crippen molar-refractivity contribution in [3.63, 3.8) is 0 Å². The molecule has 5 rings (SSSR count). The largest absolute Gasteiger partial charge is 0.496 e. The van der Waals surface area contributed by atoms with Crippen molar-refractivity contribution in [1.82, 2.24) is 30.1 Å². The van der Waals surface area contributed by atoms with Gasteiger partial charge in [-0.05, 0) is 52.3 Å². The predicted molar refractivity (Wildman–Crippen MR) is 162 cm³/mol. The molecule has 43 heavy (non-hydrogen) atoms. The lowest BCUT2D eigenvalue weighted by Gasteiger charge is -2.17. The van der Waals surface area contributed by atoms with E-state index in [0.717, 1.165) is 13.1 Å². The molecule has 0 radical (unpaired) electrons. The Labute approximate surface area is 252 Å². The smallest absolute Gasteiger partial charge is 0.324 e. The standard InChI is InChI=1S/C29H31ClN8O5/c1-17-12-26(36-43-17)33-29(39)32-22-7-6-18(13-21(22)30)41-24-8-9-31-23-15-25(40-5)20(14-19(23)24)28-35-34-27(42-28)16-38(4)11-10-37(2)3/h6-9,12-15H,10-11,16H2,1-5H3,(H2,32,33,36,39). The van der Waals surface area contributed by atoms with E-state index in [-0.39, 0.29) is 10.8 Å². The molecule has 2 N–H and O–H groups in total. The predicted octanol–water partition coefficient (Wildman–Crippen LogP) is 5.67. The highest BCUT2D eigenvalue weighted by Crippen LogP contribution is 2.38. The van der Waals surface area contributed by atoms with Crippen LogP contribution in [0.2, 0.25) is 5.02 Å². The van der Waals surface area contributed by atoms with Crippen molar-refractivity contribution in [1.29, 1.82) is 0 Å². The first-order valence-corrected chi connectivity index (χ1v) is 13.7. The molecule has 0 fully saturated rings. The number of aromatic nitrogens is 4. The Kier molecular flexibility index (Phi) is 9.04. The lowest BCUT2D eigenvalue weighted by molar-refractivity contribution is 0.255. The first kappa shape index (κ1) is 29.8. The van der Waals surface area contributed by atoms with E-state index in [1.807, 2.05) is 27.2 Å². The van der Waals surface area contributed by atoms with Gasteiger partial charge in [-0.3, -0.25) is 15.2 Å². The summed E-state index contributed by atoms with van der Waals surface area (Å²) in [7, 11) is 7.63. The molecular formula is C29H31ClN8O5. The monoisotopic (exact) mass is 606 g/mol. The number of pyridine rings is 1. The van der Waals surface area contributed by atoms with E-state index in [1.165, 1.54) is 0 Å². The fraction of sp³-hybridized carbons (Fsp3) is 0.276. The van der Waals surface area contributed by atoms with E-state index >= 15 is 0 Å². The van der Waals surface area contributed by atoms with Gasteiger partial charge in [-0.15, -0.1) is 10.2 Å². The summed E-state index contributed by atoms with van der Waals surface area (Å²) in [6, 6.07) is 11.4. The van der Waals surface area contributed by atoms with E-state index < -0.39 is 6.03 Å². The van der Waals surface area contributed by atoms with Crippen molar-refractivity contribution >= 4 is 40.0 Å². The Bertz CT molecular complexity index is 1740. The maximum absolute atomic E-state index is 12.3. The average molecular weight is 607 g/mol. The van der Waals surface area contributed by atoms with E-state index in [9.17, 15) is 4.79 Å². The molecule has 0 aliphatic heterocycles. The maximum Gasteiger partial charge on any atom is 0.324 e. The summed E-state index contributed by atoms with van der Waals surface area (Å²) >= 11 is 6.46. The van der Waals surface area contributed by atoms with Gasteiger partial charge in [-0.2, -0.15) is 0 Å². The minimum Gasteiger partial charge on any atom is -0.496 e. The molecule has 0 saturated heterocycles. The molecule has 0 aliphatic rings. The van der Waals surface area contributed by atoms with Gasteiger partial charge in [-0.25, -0.2) is 4.79 Å². The molecule has 0 unspecified atom stereocenters. The van der Waals surface area contributed by atoms with Crippen LogP contribution in [-0.4, -0.2) is 77.5 Å². The van der Waals surface area contributed by atoms with Crippen molar-refractivity contribution in [3.8, 4) is 28.7 Å². The maximum atomic E-state index is 12.3. The third kappa shape index (κ3) is 7.38. The van der Waals surface area contributed by atoms with E-state index in [1.54, 1.807) is 56.6 Å². The number of nitrogens with one attached hydrogen (secondary N) is 2. The van der Waals surface area contributed by atoms with Gasteiger partial charge in [0.2, 0.25) is 5.89 Å². The van der Waals surface area contributed by atoms with Crippen LogP contribution in [0.4, 0.5) is 16.3 Å². The molecule has 0 spiro atoms. The zero-order valence-electron chi connectivity index (χ0n) is 24.3. The number of anilines is 2. The number of urea groups is 1. The van der Waals surface area contributed by atoms with Gasteiger partial charge >= 0.3 is 6.03 Å². The second-order valence-electron chi connectivity index (χ2n) is 10.1.